The third-order valence-corrected chi connectivity index (χ3v) is 0. The molecule has 0 aromatic heterocycles. The second-order valence-corrected chi connectivity index (χ2v) is 1.85. The fourth-order valence-electron chi connectivity index (χ4n) is 0. The van der Waals surface area contributed by atoms with Crippen LogP contribution in [0.4, 0.5) is 0 Å². The van der Waals surface area contributed by atoms with Gasteiger partial charge in [0.2, 0.25) is 0 Å². The summed E-state index contributed by atoms with van der Waals surface area (Å²) in [5.74, 6) is 0. The van der Waals surface area contributed by atoms with Crippen LogP contribution in [0.2, 0.25) is 0 Å². The van der Waals surface area contributed by atoms with E-state index in [1.54, 1.807) is 0 Å². The average Bonchev–Trinajstić information content (AvgIpc) is 0.722. The molecule has 0 aromatic carbocycles. The molecular weight excluding hydrogens is 139 g/mol. The summed E-state index contributed by atoms with van der Waals surface area (Å²) in [5, 5.41) is 0. The molecule has 0 aliphatic rings. The second-order valence-electron chi connectivity index (χ2n) is 0.448. The van der Waals surface area contributed by atoms with Crippen LogP contribution >= 0.6 is 0 Å². The van der Waals surface area contributed by atoms with E-state index in [1.165, 1.54) is 0 Å². The first-order chi connectivity index (χ1) is 2.00. The minimum atomic E-state index is -5.25. The SMILES string of the molecule is [Na].[O]=[Cr](=[O])([OH])[OH]. The van der Waals surface area contributed by atoms with Crippen LogP contribution in [0.1, 0.15) is 0 Å². The quantitative estimate of drug-likeness (QED) is 0.393. The van der Waals surface area contributed by atoms with Gasteiger partial charge in [0.15, 0.2) is 0 Å². The molecule has 4 nitrogen and oxygen atoms in total. The van der Waals surface area contributed by atoms with Gasteiger partial charge >= 0.3 is 29.5 Å². The molecule has 0 saturated carbocycles. The van der Waals surface area contributed by atoms with E-state index < -0.39 is 13.6 Å². The molecule has 0 spiro atoms. The standard InChI is InChI=1S/Cr.Na.2H2O.2O/h;;2*1H2;;/q+2;;;;;/p-2. The van der Waals surface area contributed by atoms with Crippen LogP contribution in [0.25, 0.3) is 0 Å². The second kappa shape index (κ2) is 3.11. The predicted molar refractivity (Wildman–Crippen MR) is 11.6 cm³/mol. The first-order valence-electron chi connectivity index (χ1n) is 0.698. The molecule has 0 fully saturated rings. The van der Waals surface area contributed by atoms with Crippen molar-refractivity contribution in [2.24, 2.45) is 0 Å². The third kappa shape index (κ3) is 74.9. The van der Waals surface area contributed by atoms with Crippen molar-refractivity contribution in [2.75, 3.05) is 0 Å². The Labute approximate surface area is 58.8 Å². The zero-order valence-electron chi connectivity index (χ0n) is 3.12. The summed E-state index contributed by atoms with van der Waals surface area (Å²) in [6.07, 6.45) is 0. The Morgan fingerprint density at radius 2 is 1.17 bits per heavy atom. The van der Waals surface area contributed by atoms with Crippen LogP contribution < -0.4 is 0 Å². The fraction of sp³-hybridized carbons (Fsp3) is 0. The first kappa shape index (κ1) is 10.1. The third-order valence-electron chi connectivity index (χ3n) is 0. The molecule has 0 amide bonds. The van der Waals surface area contributed by atoms with Gasteiger partial charge in [-0.2, -0.15) is 0 Å². The van der Waals surface area contributed by atoms with Gasteiger partial charge < -0.3 is 0 Å². The van der Waals surface area contributed by atoms with Gasteiger partial charge in [-0.05, 0) is 0 Å². The van der Waals surface area contributed by atoms with Gasteiger partial charge in [-0.25, -0.2) is 0 Å². The number of rotatable bonds is 0. The van der Waals surface area contributed by atoms with Crippen molar-refractivity contribution in [3.05, 3.63) is 0 Å². The maximum atomic E-state index is 8.82. The molecule has 0 aromatic rings. The van der Waals surface area contributed by atoms with Crippen LogP contribution in [-0.4, -0.2) is 37.9 Å². The van der Waals surface area contributed by atoms with Crippen molar-refractivity contribution in [2.45, 2.75) is 0 Å². The van der Waals surface area contributed by atoms with Crippen molar-refractivity contribution >= 4 is 29.6 Å². The van der Waals surface area contributed by atoms with Crippen LogP contribution in [0.15, 0.2) is 0 Å². The molecule has 2 N–H and O–H groups in total. The van der Waals surface area contributed by atoms with Gasteiger partial charge in [0.05, 0.1) is 0 Å². The van der Waals surface area contributed by atoms with E-state index >= 15 is 0 Å². The Morgan fingerprint density at radius 1 is 1.17 bits per heavy atom. The summed E-state index contributed by atoms with van der Waals surface area (Å²) >= 11 is -5.25. The summed E-state index contributed by atoms with van der Waals surface area (Å²) in [7, 11) is 0. The van der Waals surface area contributed by atoms with Gasteiger partial charge in [0.25, 0.3) is 0 Å². The molecule has 0 aliphatic heterocycles. The van der Waals surface area contributed by atoms with Crippen LogP contribution in [0, 0.1) is 0 Å². The van der Waals surface area contributed by atoms with Crippen molar-refractivity contribution in [3.8, 4) is 0 Å². The average molecular weight is 141 g/mol. The van der Waals surface area contributed by atoms with E-state index in [2.05, 4.69) is 0 Å². The Balaban J connectivity index is 0. The van der Waals surface area contributed by atoms with Crippen LogP contribution in [0.3, 0.4) is 0 Å². The molecule has 0 unspecified atom stereocenters. The summed E-state index contributed by atoms with van der Waals surface area (Å²) in [6.45, 7) is 0. The minimum absolute atomic E-state index is 0. The van der Waals surface area contributed by atoms with Crippen molar-refractivity contribution in [1.82, 2.24) is 0 Å². The fourth-order valence-corrected chi connectivity index (χ4v) is 0. The normalized spacial score (nSPS) is 9.67. The topological polar surface area (TPSA) is 74.6 Å². The van der Waals surface area contributed by atoms with Crippen LogP contribution in [-0.2, 0) is 21.2 Å². The molecule has 0 bridgehead atoms. The van der Waals surface area contributed by atoms with Gasteiger partial charge in [0, 0.05) is 29.6 Å². The predicted octanol–water partition coefficient (Wildman–Crippen LogP) is -1.73. The molecule has 1 radical (unpaired) electrons. The molecule has 0 saturated heterocycles. The Kier molecular flexibility index (Phi) is 5.24. The van der Waals surface area contributed by atoms with Gasteiger partial charge in [-0.1, -0.05) is 0 Å². The number of hydrogen-bond donors (Lipinski definition) is 2. The maximum absolute atomic E-state index is 8.82. The van der Waals surface area contributed by atoms with Gasteiger partial charge in [0.1, 0.15) is 0 Å². The summed E-state index contributed by atoms with van der Waals surface area (Å²) < 4.78 is 31.9. The first-order valence-corrected chi connectivity index (χ1v) is 2.88. The molecule has 6 heavy (non-hydrogen) atoms. The molecule has 6 heteroatoms. The molecular formula is H2CrNaO4. The van der Waals surface area contributed by atoms with E-state index in [0.29, 0.717) is 0 Å². The summed E-state index contributed by atoms with van der Waals surface area (Å²) in [6, 6.07) is 0. The van der Waals surface area contributed by atoms with Crippen molar-refractivity contribution in [3.63, 3.8) is 0 Å². The Bertz CT molecular complexity index is 90.7. The molecule has 0 atom stereocenters. The Hall–Kier alpha value is 1.05. The van der Waals surface area contributed by atoms with E-state index in [9.17, 15) is 0 Å². The monoisotopic (exact) mass is 141 g/mol. The van der Waals surface area contributed by atoms with Crippen LogP contribution in [0.5, 0.6) is 0 Å². The van der Waals surface area contributed by atoms with Gasteiger partial charge in [-0.3, -0.25) is 0 Å². The van der Waals surface area contributed by atoms with E-state index in [0.717, 1.165) is 0 Å². The van der Waals surface area contributed by atoms with E-state index in [1.807, 2.05) is 0 Å². The van der Waals surface area contributed by atoms with E-state index in [4.69, 9.17) is 15.9 Å². The molecule has 0 heterocycles. The number of hydrogen-bond acceptors (Lipinski definition) is 2. The molecule has 33 valence electrons. The zero-order chi connectivity index (χ0) is 4.50. The molecule has 0 rings (SSSR count). The van der Waals surface area contributed by atoms with E-state index in [-0.39, 0.29) is 29.6 Å². The Morgan fingerprint density at radius 3 is 1.17 bits per heavy atom. The van der Waals surface area contributed by atoms with Gasteiger partial charge in [-0.15, -0.1) is 0 Å². The molecule has 0 aliphatic carbocycles. The van der Waals surface area contributed by atoms with Crippen molar-refractivity contribution < 1.29 is 29.5 Å². The zero-order valence-corrected chi connectivity index (χ0v) is 6.39. The van der Waals surface area contributed by atoms with Crippen molar-refractivity contribution in [1.29, 1.82) is 0 Å². The summed E-state index contributed by atoms with van der Waals surface area (Å²) in [5.41, 5.74) is 0. The summed E-state index contributed by atoms with van der Waals surface area (Å²) in [4.78, 5) is 0.